The molecule has 1 atom stereocenters. The highest BCUT2D eigenvalue weighted by molar-refractivity contribution is 5.92. The van der Waals surface area contributed by atoms with E-state index in [0.717, 1.165) is 5.56 Å². The molecule has 0 saturated heterocycles. The molecule has 0 aliphatic rings. The highest BCUT2D eigenvalue weighted by atomic mass is 16.4. The molecule has 7 heteroatoms. The largest absolute Gasteiger partial charge is 0.481 e. The normalized spacial score (nSPS) is 12.3. The second-order valence-electron chi connectivity index (χ2n) is 6.60. The van der Waals surface area contributed by atoms with Crippen molar-refractivity contribution in [2.45, 2.75) is 51.5 Å². The fraction of sp³-hybridized carbons (Fsp3) is 0.471. The number of nitrogens with one attached hydrogen (secondary N) is 2. The molecule has 2 amide bonds. The Hall–Kier alpha value is -2.57. The highest BCUT2D eigenvalue weighted by Gasteiger charge is 2.20. The molecule has 4 N–H and O–H groups in total. The molecule has 24 heavy (non-hydrogen) atoms. The summed E-state index contributed by atoms with van der Waals surface area (Å²) in [7, 11) is 0. The minimum Gasteiger partial charge on any atom is -0.481 e. The molecule has 7 nitrogen and oxygen atoms in total. The molecule has 1 aromatic carbocycles. The second kappa shape index (κ2) is 8.33. The van der Waals surface area contributed by atoms with Gasteiger partial charge in [0.05, 0.1) is 0 Å². The maximum atomic E-state index is 11.9. The number of urea groups is 1. The van der Waals surface area contributed by atoms with E-state index < -0.39 is 24.0 Å². The van der Waals surface area contributed by atoms with Gasteiger partial charge in [-0.3, -0.25) is 4.79 Å². The van der Waals surface area contributed by atoms with Crippen LogP contribution < -0.4 is 10.6 Å². The number of aliphatic carboxylic acids is 2. The number of carbonyl (C=O) groups is 3. The molecule has 0 aliphatic heterocycles. The molecule has 0 radical (unpaired) electrons. The first-order valence-corrected chi connectivity index (χ1v) is 7.72. The third-order valence-corrected chi connectivity index (χ3v) is 3.50. The van der Waals surface area contributed by atoms with Crippen LogP contribution in [0.1, 0.15) is 45.6 Å². The summed E-state index contributed by atoms with van der Waals surface area (Å²) in [6.07, 6.45) is 0.0895. The van der Waals surface area contributed by atoms with Crippen LogP contribution in [-0.2, 0) is 15.0 Å². The zero-order chi connectivity index (χ0) is 18.3. The minimum absolute atomic E-state index is 0.000662. The zero-order valence-electron chi connectivity index (χ0n) is 14.1. The van der Waals surface area contributed by atoms with Gasteiger partial charge in [-0.05, 0) is 36.0 Å². The summed E-state index contributed by atoms with van der Waals surface area (Å²) >= 11 is 0. The van der Waals surface area contributed by atoms with Crippen molar-refractivity contribution in [2.24, 2.45) is 0 Å². The van der Waals surface area contributed by atoms with Crippen molar-refractivity contribution < 1.29 is 24.6 Å². The standard InChI is InChI=1S/C17H24N2O5/c1-17(2,3)11-7-9-12(10-8-11)18-16(24)19-13(15(22)23)5-4-6-14(20)21/h7-10,13H,4-6H2,1-3H3,(H,20,21)(H,22,23)(H2,18,19,24). The lowest BCUT2D eigenvalue weighted by Gasteiger charge is -2.19. The number of carboxylic acids is 2. The van der Waals surface area contributed by atoms with E-state index in [0.29, 0.717) is 5.69 Å². The quantitative estimate of drug-likeness (QED) is 0.611. The van der Waals surface area contributed by atoms with Crippen LogP contribution in [0.15, 0.2) is 24.3 Å². The second-order valence-corrected chi connectivity index (χ2v) is 6.60. The summed E-state index contributed by atoms with van der Waals surface area (Å²) in [6.45, 7) is 6.24. The van der Waals surface area contributed by atoms with Crippen LogP contribution in [0.4, 0.5) is 10.5 Å². The van der Waals surface area contributed by atoms with Crippen molar-refractivity contribution in [1.82, 2.24) is 5.32 Å². The summed E-state index contributed by atoms with van der Waals surface area (Å²) in [5.41, 5.74) is 1.67. The number of carbonyl (C=O) groups excluding carboxylic acids is 1. The SMILES string of the molecule is CC(C)(C)c1ccc(NC(=O)NC(CCCC(=O)O)C(=O)O)cc1. The minimum atomic E-state index is -1.20. The fourth-order valence-electron chi connectivity index (χ4n) is 2.09. The number of benzene rings is 1. The van der Waals surface area contributed by atoms with Gasteiger partial charge in [-0.2, -0.15) is 0 Å². The van der Waals surface area contributed by atoms with Gasteiger partial charge >= 0.3 is 18.0 Å². The summed E-state index contributed by atoms with van der Waals surface area (Å²) in [5, 5.41) is 22.6. The van der Waals surface area contributed by atoms with E-state index >= 15 is 0 Å². The van der Waals surface area contributed by atoms with Crippen LogP contribution in [0.3, 0.4) is 0 Å². The van der Waals surface area contributed by atoms with Crippen LogP contribution in [0.25, 0.3) is 0 Å². The van der Waals surface area contributed by atoms with Crippen molar-refractivity contribution in [1.29, 1.82) is 0 Å². The van der Waals surface area contributed by atoms with Crippen LogP contribution in [0.2, 0.25) is 0 Å². The predicted octanol–water partition coefficient (Wildman–Crippen LogP) is 2.81. The van der Waals surface area contributed by atoms with E-state index in [-0.39, 0.29) is 24.7 Å². The smallest absolute Gasteiger partial charge is 0.326 e. The van der Waals surface area contributed by atoms with Gasteiger partial charge in [-0.1, -0.05) is 32.9 Å². The third-order valence-electron chi connectivity index (χ3n) is 3.50. The van der Waals surface area contributed by atoms with Gasteiger partial charge in [0.1, 0.15) is 6.04 Å². The van der Waals surface area contributed by atoms with Gasteiger partial charge in [0.2, 0.25) is 0 Å². The first-order valence-electron chi connectivity index (χ1n) is 7.72. The summed E-state index contributed by atoms with van der Waals surface area (Å²) < 4.78 is 0. The summed E-state index contributed by atoms with van der Waals surface area (Å²) in [5.74, 6) is -2.19. The Labute approximate surface area is 141 Å². The zero-order valence-corrected chi connectivity index (χ0v) is 14.1. The lowest BCUT2D eigenvalue weighted by molar-refractivity contribution is -0.140. The van der Waals surface area contributed by atoms with Gasteiger partial charge in [-0.15, -0.1) is 0 Å². The molecule has 1 unspecified atom stereocenters. The van der Waals surface area contributed by atoms with Gasteiger partial charge in [0.15, 0.2) is 0 Å². The molecule has 0 spiro atoms. The first kappa shape index (κ1) is 19.5. The van der Waals surface area contributed by atoms with Crippen LogP contribution in [0, 0.1) is 0 Å². The van der Waals surface area contributed by atoms with Crippen molar-refractivity contribution in [3.63, 3.8) is 0 Å². The molecule has 0 aromatic heterocycles. The van der Waals surface area contributed by atoms with E-state index in [1.807, 2.05) is 12.1 Å². The third kappa shape index (κ3) is 6.68. The molecule has 1 aromatic rings. The Morgan fingerprint density at radius 1 is 1.08 bits per heavy atom. The Bertz CT molecular complexity index is 590. The van der Waals surface area contributed by atoms with Gasteiger partial charge < -0.3 is 20.8 Å². The van der Waals surface area contributed by atoms with E-state index in [1.165, 1.54) is 0 Å². The number of rotatable bonds is 7. The molecule has 0 heterocycles. The van der Waals surface area contributed by atoms with E-state index in [9.17, 15) is 14.4 Å². The Morgan fingerprint density at radius 2 is 1.67 bits per heavy atom. The average molecular weight is 336 g/mol. The number of carboxylic acid groups (broad SMARTS) is 2. The van der Waals surface area contributed by atoms with Crippen molar-refractivity contribution >= 4 is 23.7 Å². The van der Waals surface area contributed by atoms with Crippen molar-refractivity contribution in [3.8, 4) is 0 Å². The Morgan fingerprint density at radius 3 is 2.12 bits per heavy atom. The molecule has 0 bridgehead atoms. The van der Waals surface area contributed by atoms with Crippen LogP contribution in [-0.4, -0.2) is 34.2 Å². The van der Waals surface area contributed by atoms with Gasteiger partial charge in [-0.25, -0.2) is 9.59 Å². The number of hydrogen-bond donors (Lipinski definition) is 4. The van der Waals surface area contributed by atoms with Crippen molar-refractivity contribution in [3.05, 3.63) is 29.8 Å². The summed E-state index contributed by atoms with van der Waals surface area (Å²) in [6, 6.07) is 5.54. The molecule has 0 saturated carbocycles. The number of amides is 2. The number of anilines is 1. The Kier molecular flexibility index (Phi) is 6.76. The fourth-order valence-corrected chi connectivity index (χ4v) is 2.09. The van der Waals surface area contributed by atoms with Gasteiger partial charge in [0.25, 0.3) is 0 Å². The molecule has 0 fully saturated rings. The molecular weight excluding hydrogens is 312 g/mol. The lowest BCUT2D eigenvalue weighted by Crippen LogP contribution is -2.43. The van der Waals surface area contributed by atoms with E-state index in [4.69, 9.17) is 10.2 Å². The number of hydrogen-bond acceptors (Lipinski definition) is 3. The highest BCUT2D eigenvalue weighted by Crippen LogP contribution is 2.23. The van der Waals surface area contributed by atoms with Gasteiger partial charge in [0, 0.05) is 12.1 Å². The maximum absolute atomic E-state index is 11.9. The Balaban J connectivity index is 2.59. The molecule has 0 aliphatic carbocycles. The monoisotopic (exact) mass is 336 g/mol. The van der Waals surface area contributed by atoms with Crippen molar-refractivity contribution in [2.75, 3.05) is 5.32 Å². The average Bonchev–Trinajstić information content (AvgIpc) is 2.45. The molecule has 1 rings (SSSR count). The lowest BCUT2D eigenvalue weighted by atomic mass is 9.87. The van der Waals surface area contributed by atoms with Crippen LogP contribution >= 0.6 is 0 Å². The summed E-state index contributed by atoms with van der Waals surface area (Å²) in [4.78, 5) is 33.5. The van der Waals surface area contributed by atoms with E-state index in [1.54, 1.807) is 12.1 Å². The topological polar surface area (TPSA) is 116 Å². The maximum Gasteiger partial charge on any atom is 0.326 e. The van der Waals surface area contributed by atoms with Crippen LogP contribution in [0.5, 0.6) is 0 Å². The first-order chi connectivity index (χ1) is 11.1. The predicted molar refractivity (Wildman–Crippen MR) is 90.2 cm³/mol. The van der Waals surface area contributed by atoms with E-state index in [2.05, 4.69) is 31.4 Å². The molecular formula is C17H24N2O5. The molecule has 132 valence electrons.